The average Bonchev–Trinajstić information content (AvgIpc) is 2.44. The van der Waals surface area contributed by atoms with Gasteiger partial charge in [0.2, 0.25) is 0 Å². The Morgan fingerprint density at radius 3 is 2.80 bits per heavy atom. The summed E-state index contributed by atoms with van der Waals surface area (Å²) in [5.41, 5.74) is 5.93. The van der Waals surface area contributed by atoms with Gasteiger partial charge in [0, 0.05) is 11.5 Å². The number of nitrogens with zero attached hydrogens (tertiary/aromatic N) is 1. The second kappa shape index (κ2) is 5.92. The van der Waals surface area contributed by atoms with Crippen molar-refractivity contribution in [2.24, 2.45) is 16.7 Å². The third-order valence-corrected chi connectivity index (χ3v) is 2.74. The lowest BCUT2D eigenvalue weighted by Crippen LogP contribution is -2.20. The number of methoxy groups -OCH3 is 1. The number of fused-ring (bicyclic) bond motifs is 1. The third kappa shape index (κ3) is 2.97. The first-order valence-electron chi connectivity index (χ1n) is 5.90. The first-order valence-corrected chi connectivity index (χ1v) is 5.90. The second-order valence-electron chi connectivity index (χ2n) is 4.14. The van der Waals surface area contributed by atoms with E-state index in [1.807, 2.05) is 24.3 Å². The van der Waals surface area contributed by atoms with Crippen LogP contribution in [-0.4, -0.2) is 25.8 Å². The minimum Gasteiger partial charge on any atom is -0.497 e. The van der Waals surface area contributed by atoms with Gasteiger partial charge in [-0.25, -0.2) is 0 Å². The Hall–Kier alpha value is -2.76. The molecule has 0 spiro atoms. The maximum absolute atomic E-state index is 10.9. The average molecular weight is 273 g/mol. The lowest BCUT2D eigenvalue weighted by molar-refractivity contribution is -0.119. The molecule has 6 heteroatoms. The van der Waals surface area contributed by atoms with Crippen molar-refractivity contribution < 1.29 is 14.3 Å². The zero-order chi connectivity index (χ0) is 14.5. The van der Waals surface area contributed by atoms with Gasteiger partial charge >= 0.3 is 0 Å². The van der Waals surface area contributed by atoms with Gasteiger partial charge in [-0.2, -0.15) is 5.10 Å². The molecule has 2 rings (SSSR count). The molecule has 0 bridgehead atoms. The van der Waals surface area contributed by atoms with Gasteiger partial charge in [-0.3, -0.25) is 4.79 Å². The summed E-state index contributed by atoms with van der Waals surface area (Å²) in [6.45, 7) is -0.197. The summed E-state index contributed by atoms with van der Waals surface area (Å²) in [5, 5.41) is 5.22. The summed E-state index contributed by atoms with van der Waals surface area (Å²) in [4.78, 5) is 10.9. The summed E-state index contributed by atoms with van der Waals surface area (Å²) in [5.74, 6) is 5.76. The summed E-state index contributed by atoms with van der Waals surface area (Å²) in [6.07, 6.45) is 1.53. The van der Waals surface area contributed by atoms with Crippen molar-refractivity contribution in [1.29, 1.82) is 0 Å². The van der Waals surface area contributed by atoms with Crippen LogP contribution in [0.2, 0.25) is 0 Å². The van der Waals surface area contributed by atoms with Gasteiger partial charge in [0.1, 0.15) is 11.5 Å². The monoisotopic (exact) mass is 273 g/mol. The number of hydrazone groups is 1. The van der Waals surface area contributed by atoms with Crippen LogP contribution in [0.3, 0.4) is 0 Å². The van der Waals surface area contributed by atoms with Crippen LogP contribution in [0, 0.1) is 0 Å². The lowest BCUT2D eigenvalue weighted by Gasteiger charge is -2.11. The Morgan fingerprint density at radius 2 is 2.15 bits per heavy atom. The smallest absolute Gasteiger partial charge is 0.255 e. The number of primary amides is 1. The van der Waals surface area contributed by atoms with E-state index in [0.717, 1.165) is 16.3 Å². The van der Waals surface area contributed by atoms with Crippen LogP contribution in [0.1, 0.15) is 5.56 Å². The van der Waals surface area contributed by atoms with Gasteiger partial charge in [-0.1, -0.05) is 12.1 Å². The molecule has 0 heterocycles. The number of nitrogens with two attached hydrogens (primary N) is 2. The highest BCUT2D eigenvalue weighted by Crippen LogP contribution is 2.31. The standard InChI is InChI=1S/C14H15N3O3/c1-19-11-5-10-3-2-9(7-17-16)4-12(10)13(6-11)20-8-14(15)18/h2-7H,8,16H2,1H3,(H2,15,18)/b17-7-. The van der Waals surface area contributed by atoms with Crippen LogP contribution in [0.25, 0.3) is 10.8 Å². The van der Waals surface area contributed by atoms with Crippen molar-refractivity contribution in [3.05, 3.63) is 35.9 Å². The second-order valence-corrected chi connectivity index (χ2v) is 4.14. The minimum absolute atomic E-state index is 0.197. The van der Waals surface area contributed by atoms with Crippen LogP contribution in [-0.2, 0) is 4.79 Å². The molecule has 104 valence electrons. The Kier molecular flexibility index (Phi) is 4.05. The molecule has 0 aromatic heterocycles. The van der Waals surface area contributed by atoms with E-state index >= 15 is 0 Å². The van der Waals surface area contributed by atoms with Crippen molar-refractivity contribution in [3.63, 3.8) is 0 Å². The molecule has 0 saturated carbocycles. The molecule has 0 saturated heterocycles. The number of hydrogen-bond donors (Lipinski definition) is 2. The fraction of sp³-hybridized carbons (Fsp3) is 0.143. The number of amides is 1. The quantitative estimate of drug-likeness (QED) is 0.482. The van der Waals surface area contributed by atoms with Gasteiger partial charge in [0.05, 0.1) is 13.3 Å². The summed E-state index contributed by atoms with van der Waals surface area (Å²) in [7, 11) is 1.56. The number of ether oxygens (including phenoxy) is 2. The highest BCUT2D eigenvalue weighted by atomic mass is 16.5. The highest BCUT2D eigenvalue weighted by Gasteiger charge is 2.08. The Morgan fingerprint density at radius 1 is 1.35 bits per heavy atom. The van der Waals surface area contributed by atoms with E-state index in [-0.39, 0.29) is 6.61 Å². The van der Waals surface area contributed by atoms with Crippen molar-refractivity contribution in [1.82, 2.24) is 0 Å². The van der Waals surface area contributed by atoms with Gasteiger partial charge in [-0.15, -0.1) is 0 Å². The van der Waals surface area contributed by atoms with Crippen molar-refractivity contribution >= 4 is 22.9 Å². The van der Waals surface area contributed by atoms with E-state index in [1.54, 1.807) is 13.2 Å². The molecule has 0 radical (unpaired) electrons. The molecule has 2 aromatic rings. The minimum atomic E-state index is -0.541. The number of carbonyl (C=O) groups is 1. The number of rotatable bonds is 5. The van der Waals surface area contributed by atoms with Crippen LogP contribution in [0.4, 0.5) is 0 Å². The van der Waals surface area contributed by atoms with Gasteiger partial charge < -0.3 is 21.1 Å². The van der Waals surface area contributed by atoms with E-state index in [1.165, 1.54) is 6.21 Å². The van der Waals surface area contributed by atoms with E-state index in [9.17, 15) is 4.79 Å². The van der Waals surface area contributed by atoms with Crippen LogP contribution in [0.15, 0.2) is 35.4 Å². The third-order valence-electron chi connectivity index (χ3n) is 2.74. The molecule has 2 aromatic carbocycles. The van der Waals surface area contributed by atoms with E-state index in [4.69, 9.17) is 21.1 Å². The normalized spacial score (nSPS) is 10.8. The van der Waals surface area contributed by atoms with Crippen molar-refractivity contribution in [2.45, 2.75) is 0 Å². The first-order chi connectivity index (χ1) is 9.63. The van der Waals surface area contributed by atoms with Crippen molar-refractivity contribution in [2.75, 3.05) is 13.7 Å². The molecule has 0 atom stereocenters. The van der Waals surface area contributed by atoms with Crippen LogP contribution < -0.4 is 21.1 Å². The Balaban J connectivity index is 2.54. The maximum Gasteiger partial charge on any atom is 0.255 e. The molecule has 0 aliphatic heterocycles. The van der Waals surface area contributed by atoms with E-state index in [0.29, 0.717) is 11.5 Å². The largest absolute Gasteiger partial charge is 0.497 e. The van der Waals surface area contributed by atoms with Crippen LogP contribution in [0.5, 0.6) is 11.5 Å². The highest BCUT2D eigenvalue weighted by molar-refractivity contribution is 5.95. The zero-order valence-corrected chi connectivity index (χ0v) is 11.0. The molecule has 1 amide bonds. The molecular weight excluding hydrogens is 258 g/mol. The zero-order valence-electron chi connectivity index (χ0n) is 11.0. The maximum atomic E-state index is 10.9. The molecule has 0 aliphatic rings. The molecule has 0 aliphatic carbocycles. The predicted molar refractivity (Wildman–Crippen MR) is 77.0 cm³/mol. The molecule has 0 unspecified atom stereocenters. The van der Waals surface area contributed by atoms with Gasteiger partial charge in [0.15, 0.2) is 6.61 Å². The number of hydrogen-bond acceptors (Lipinski definition) is 5. The van der Waals surface area contributed by atoms with E-state index < -0.39 is 5.91 Å². The summed E-state index contributed by atoms with van der Waals surface area (Å²) in [6, 6.07) is 9.20. The lowest BCUT2D eigenvalue weighted by atomic mass is 10.1. The molecule has 20 heavy (non-hydrogen) atoms. The molecule has 6 nitrogen and oxygen atoms in total. The fourth-order valence-corrected chi connectivity index (χ4v) is 1.87. The van der Waals surface area contributed by atoms with Gasteiger partial charge in [-0.05, 0) is 23.1 Å². The van der Waals surface area contributed by atoms with E-state index in [2.05, 4.69) is 5.10 Å². The number of carbonyl (C=O) groups excluding carboxylic acids is 1. The SMILES string of the molecule is COc1cc(OCC(N)=O)c2cc(/C=N\N)ccc2c1. The number of benzene rings is 2. The predicted octanol–water partition coefficient (Wildman–Crippen LogP) is 1.01. The summed E-state index contributed by atoms with van der Waals surface area (Å²) < 4.78 is 10.6. The first kappa shape index (κ1) is 13.7. The molecule has 0 fully saturated rings. The van der Waals surface area contributed by atoms with Crippen LogP contribution >= 0.6 is 0 Å². The van der Waals surface area contributed by atoms with Crippen molar-refractivity contribution in [3.8, 4) is 11.5 Å². The Labute approximate surface area is 116 Å². The topological polar surface area (TPSA) is 99.9 Å². The van der Waals surface area contributed by atoms with Gasteiger partial charge in [0.25, 0.3) is 5.91 Å². The fourth-order valence-electron chi connectivity index (χ4n) is 1.87. The Bertz CT molecular complexity index is 668. The summed E-state index contributed by atoms with van der Waals surface area (Å²) >= 11 is 0. The molecule has 4 N–H and O–H groups in total. The molecular formula is C14H15N3O3.